The highest BCUT2D eigenvalue weighted by Crippen LogP contribution is 2.27. The van der Waals surface area contributed by atoms with Crippen LogP contribution in [0, 0.1) is 0 Å². The molecule has 14 heavy (non-hydrogen) atoms. The van der Waals surface area contributed by atoms with Gasteiger partial charge in [-0.1, -0.05) is 12.1 Å². The standard InChI is InChI=1S/C11H13BrN2/c1-11(2,3)14-10-8(7-13-14)5-4-6-9(10)12/h4-7H,1-3H3. The lowest BCUT2D eigenvalue weighted by Crippen LogP contribution is -2.22. The van der Waals surface area contributed by atoms with E-state index in [1.54, 1.807) is 0 Å². The summed E-state index contributed by atoms with van der Waals surface area (Å²) in [6.07, 6.45) is 1.91. The van der Waals surface area contributed by atoms with Crippen molar-refractivity contribution in [1.82, 2.24) is 9.78 Å². The summed E-state index contributed by atoms with van der Waals surface area (Å²) in [4.78, 5) is 0. The summed E-state index contributed by atoms with van der Waals surface area (Å²) in [5.74, 6) is 0. The molecular formula is C11H13BrN2. The first-order valence-corrected chi connectivity index (χ1v) is 5.42. The van der Waals surface area contributed by atoms with E-state index >= 15 is 0 Å². The van der Waals surface area contributed by atoms with E-state index < -0.39 is 0 Å². The van der Waals surface area contributed by atoms with Crippen molar-refractivity contribution in [3.05, 3.63) is 28.9 Å². The van der Waals surface area contributed by atoms with Crippen LogP contribution < -0.4 is 0 Å². The lowest BCUT2D eigenvalue weighted by Gasteiger charge is -2.20. The highest BCUT2D eigenvalue weighted by atomic mass is 79.9. The maximum absolute atomic E-state index is 4.41. The maximum atomic E-state index is 4.41. The number of hydrogen-bond donors (Lipinski definition) is 0. The van der Waals surface area contributed by atoms with Gasteiger partial charge >= 0.3 is 0 Å². The van der Waals surface area contributed by atoms with Gasteiger partial charge in [-0.25, -0.2) is 0 Å². The number of aromatic nitrogens is 2. The van der Waals surface area contributed by atoms with E-state index in [1.807, 2.05) is 23.0 Å². The van der Waals surface area contributed by atoms with Crippen molar-refractivity contribution in [2.75, 3.05) is 0 Å². The molecule has 1 heterocycles. The van der Waals surface area contributed by atoms with E-state index in [9.17, 15) is 0 Å². The summed E-state index contributed by atoms with van der Waals surface area (Å²) in [6.45, 7) is 6.46. The smallest absolute Gasteiger partial charge is 0.0830 e. The molecule has 0 saturated carbocycles. The molecule has 0 amide bonds. The number of halogens is 1. The highest BCUT2D eigenvalue weighted by molar-refractivity contribution is 9.10. The van der Waals surface area contributed by atoms with Gasteiger partial charge < -0.3 is 0 Å². The van der Waals surface area contributed by atoms with Crippen molar-refractivity contribution in [2.24, 2.45) is 0 Å². The molecule has 2 nitrogen and oxygen atoms in total. The summed E-state index contributed by atoms with van der Waals surface area (Å²) in [5, 5.41) is 5.59. The van der Waals surface area contributed by atoms with Crippen molar-refractivity contribution in [1.29, 1.82) is 0 Å². The maximum Gasteiger partial charge on any atom is 0.0830 e. The fourth-order valence-electron chi connectivity index (χ4n) is 1.55. The third-order valence-electron chi connectivity index (χ3n) is 2.18. The van der Waals surface area contributed by atoms with Gasteiger partial charge in [0.25, 0.3) is 0 Å². The van der Waals surface area contributed by atoms with Crippen LogP contribution >= 0.6 is 15.9 Å². The minimum Gasteiger partial charge on any atom is -0.258 e. The zero-order valence-electron chi connectivity index (χ0n) is 8.58. The SMILES string of the molecule is CC(C)(C)n1ncc2cccc(Br)c21. The van der Waals surface area contributed by atoms with Crippen molar-refractivity contribution in [3.63, 3.8) is 0 Å². The average Bonchev–Trinajstić information content (AvgIpc) is 2.47. The van der Waals surface area contributed by atoms with Gasteiger partial charge in [0.15, 0.2) is 0 Å². The normalized spacial score (nSPS) is 12.3. The van der Waals surface area contributed by atoms with Crippen LogP contribution in [0.4, 0.5) is 0 Å². The van der Waals surface area contributed by atoms with Gasteiger partial charge in [-0.15, -0.1) is 0 Å². The first kappa shape index (κ1) is 9.71. The molecule has 2 aromatic rings. The van der Waals surface area contributed by atoms with Crippen LogP contribution in [-0.2, 0) is 5.54 Å². The van der Waals surface area contributed by atoms with Crippen molar-refractivity contribution in [3.8, 4) is 0 Å². The molecular weight excluding hydrogens is 240 g/mol. The van der Waals surface area contributed by atoms with Crippen LogP contribution in [-0.4, -0.2) is 9.78 Å². The Morgan fingerprint density at radius 1 is 1.29 bits per heavy atom. The molecule has 0 aliphatic rings. The fraction of sp³-hybridized carbons (Fsp3) is 0.364. The predicted octanol–water partition coefficient (Wildman–Crippen LogP) is 3.55. The molecule has 74 valence electrons. The van der Waals surface area contributed by atoms with Crippen molar-refractivity contribution < 1.29 is 0 Å². The molecule has 1 aromatic heterocycles. The number of rotatable bonds is 0. The first-order chi connectivity index (χ1) is 6.50. The third-order valence-corrected chi connectivity index (χ3v) is 2.82. The molecule has 0 N–H and O–H groups in total. The molecule has 0 saturated heterocycles. The monoisotopic (exact) mass is 252 g/mol. The molecule has 1 aromatic carbocycles. The van der Waals surface area contributed by atoms with Gasteiger partial charge in [-0.2, -0.15) is 5.10 Å². The summed E-state index contributed by atoms with van der Waals surface area (Å²) >= 11 is 3.56. The summed E-state index contributed by atoms with van der Waals surface area (Å²) in [5.41, 5.74) is 1.19. The van der Waals surface area contributed by atoms with Crippen molar-refractivity contribution >= 4 is 26.8 Å². The Balaban J connectivity index is 2.80. The lowest BCUT2D eigenvalue weighted by atomic mass is 10.1. The Morgan fingerprint density at radius 3 is 2.64 bits per heavy atom. The minimum atomic E-state index is 0.0195. The molecule has 0 radical (unpaired) electrons. The van der Waals surface area contributed by atoms with Gasteiger partial charge in [-0.05, 0) is 42.8 Å². The van der Waals surface area contributed by atoms with Gasteiger partial charge in [-0.3, -0.25) is 4.68 Å². The second-order valence-electron chi connectivity index (χ2n) is 4.40. The Hall–Kier alpha value is -0.830. The molecule has 0 aliphatic carbocycles. The van der Waals surface area contributed by atoms with Crippen molar-refractivity contribution in [2.45, 2.75) is 26.3 Å². The van der Waals surface area contributed by atoms with Crippen LogP contribution in [0.3, 0.4) is 0 Å². The van der Waals surface area contributed by atoms with E-state index in [0.29, 0.717) is 0 Å². The van der Waals surface area contributed by atoms with E-state index in [0.717, 1.165) is 4.47 Å². The molecule has 0 aliphatic heterocycles. The molecule has 0 atom stereocenters. The number of hydrogen-bond acceptors (Lipinski definition) is 1. The van der Waals surface area contributed by atoms with Crippen LogP contribution in [0.5, 0.6) is 0 Å². The number of fused-ring (bicyclic) bond motifs is 1. The van der Waals surface area contributed by atoms with E-state index in [4.69, 9.17) is 0 Å². The van der Waals surface area contributed by atoms with Crippen LogP contribution in [0.2, 0.25) is 0 Å². The lowest BCUT2D eigenvalue weighted by molar-refractivity contribution is 0.368. The first-order valence-electron chi connectivity index (χ1n) is 4.63. The molecule has 0 bridgehead atoms. The topological polar surface area (TPSA) is 17.8 Å². The second-order valence-corrected chi connectivity index (χ2v) is 5.26. The third kappa shape index (κ3) is 1.46. The molecule has 2 rings (SSSR count). The largest absolute Gasteiger partial charge is 0.258 e. The van der Waals surface area contributed by atoms with Gasteiger partial charge in [0.05, 0.1) is 17.3 Å². The van der Waals surface area contributed by atoms with Crippen LogP contribution in [0.1, 0.15) is 20.8 Å². The fourth-order valence-corrected chi connectivity index (χ4v) is 2.10. The Morgan fingerprint density at radius 2 is 2.00 bits per heavy atom. The van der Waals surface area contributed by atoms with Crippen LogP contribution in [0.15, 0.2) is 28.9 Å². The summed E-state index contributed by atoms with van der Waals surface area (Å²) in [7, 11) is 0. The van der Waals surface area contributed by atoms with Gasteiger partial charge in [0.2, 0.25) is 0 Å². The highest BCUT2D eigenvalue weighted by Gasteiger charge is 2.17. The summed E-state index contributed by atoms with van der Waals surface area (Å²) < 4.78 is 3.15. The van der Waals surface area contributed by atoms with Crippen LogP contribution in [0.25, 0.3) is 10.9 Å². The predicted molar refractivity (Wildman–Crippen MR) is 62.4 cm³/mol. The number of nitrogens with zero attached hydrogens (tertiary/aromatic N) is 2. The Kier molecular flexibility index (Phi) is 2.14. The quantitative estimate of drug-likeness (QED) is 0.702. The molecule has 3 heteroatoms. The zero-order valence-corrected chi connectivity index (χ0v) is 10.2. The minimum absolute atomic E-state index is 0.0195. The Labute approximate surface area is 92.0 Å². The molecule has 0 unspecified atom stereocenters. The molecule has 0 spiro atoms. The van der Waals surface area contributed by atoms with E-state index in [-0.39, 0.29) is 5.54 Å². The van der Waals surface area contributed by atoms with Gasteiger partial charge in [0.1, 0.15) is 0 Å². The van der Waals surface area contributed by atoms with Gasteiger partial charge in [0, 0.05) is 9.86 Å². The second kappa shape index (κ2) is 3.09. The molecule has 0 fully saturated rings. The number of benzene rings is 1. The van der Waals surface area contributed by atoms with E-state index in [2.05, 4.69) is 47.9 Å². The zero-order chi connectivity index (χ0) is 10.3. The average molecular weight is 253 g/mol. The Bertz CT molecular complexity index is 466. The number of para-hydroxylation sites is 1. The summed E-state index contributed by atoms with van der Waals surface area (Å²) in [6, 6.07) is 6.16. The van der Waals surface area contributed by atoms with E-state index in [1.165, 1.54) is 10.9 Å².